The molecule has 36 heavy (non-hydrogen) atoms. The molecule has 4 rings (SSSR count). The molecule has 0 aromatic rings. The highest BCUT2D eigenvalue weighted by Crippen LogP contribution is 2.49. The molecule has 3 saturated carbocycles. The lowest BCUT2D eigenvalue weighted by Gasteiger charge is -2.39. The Kier molecular flexibility index (Phi) is 8.87. The first-order valence-electron chi connectivity index (χ1n) is 13.6. The molecule has 206 valence electrons. The second-order valence-electron chi connectivity index (χ2n) is 11.0. The van der Waals surface area contributed by atoms with Crippen molar-refractivity contribution in [2.45, 2.75) is 107 Å². The van der Waals surface area contributed by atoms with Gasteiger partial charge in [-0.3, -0.25) is 4.18 Å². The van der Waals surface area contributed by atoms with E-state index in [2.05, 4.69) is 10.3 Å². The molecule has 0 spiro atoms. The summed E-state index contributed by atoms with van der Waals surface area (Å²) in [5, 5.41) is 0. The summed E-state index contributed by atoms with van der Waals surface area (Å²) in [6.45, 7) is 0. The lowest BCUT2D eigenvalue weighted by Crippen LogP contribution is -2.40. The van der Waals surface area contributed by atoms with E-state index in [-0.39, 0.29) is 23.5 Å². The number of halogens is 2. The van der Waals surface area contributed by atoms with Crippen molar-refractivity contribution >= 4 is 20.2 Å². The lowest BCUT2D eigenvalue weighted by molar-refractivity contribution is 0.143. The van der Waals surface area contributed by atoms with E-state index in [0.717, 1.165) is 82.6 Å². The maximum atomic E-state index is 14.8. The van der Waals surface area contributed by atoms with Crippen molar-refractivity contribution in [3.63, 3.8) is 0 Å². The highest BCUT2D eigenvalue weighted by Gasteiger charge is 2.61. The Labute approximate surface area is 215 Å². The van der Waals surface area contributed by atoms with Crippen molar-refractivity contribution in [2.24, 2.45) is 23.7 Å². The third-order valence-electron chi connectivity index (χ3n) is 8.80. The SMILES string of the molecule is COS(=O)(=O)C(F)(F)S(=O)(=O)OC1=C(C2CCCCC2)CC(C2CCCCC2)C=C1C1CCCCC1. The van der Waals surface area contributed by atoms with Gasteiger partial charge < -0.3 is 4.18 Å². The largest absolute Gasteiger partial charge is 0.507 e. The maximum absolute atomic E-state index is 14.8. The van der Waals surface area contributed by atoms with Gasteiger partial charge in [0.25, 0.3) is 0 Å². The molecule has 0 amide bonds. The summed E-state index contributed by atoms with van der Waals surface area (Å²) in [7, 11) is -11.0. The van der Waals surface area contributed by atoms with Crippen LogP contribution < -0.4 is 0 Å². The molecule has 0 saturated heterocycles. The highest BCUT2D eigenvalue weighted by atomic mass is 32.3. The van der Waals surface area contributed by atoms with Gasteiger partial charge in [0.05, 0.1) is 7.11 Å². The topological polar surface area (TPSA) is 86.7 Å². The van der Waals surface area contributed by atoms with Gasteiger partial charge in [-0.2, -0.15) is 25.6 Å². The van der Waals surface area contributed by atoms with Gasteiger partial charge in [-0.15, -0.1) is 0 Å². The number of allylic oxidation sites excluding steroid dienone is 3. The first-order chi connectivity index (χ1) is 17.1. The van der Waals surface area contributed by atoms with Crippen molar-refractivity contribution in [3.8, 4) is 0 Å². The van der Waals surface area contributed by atoms with Crippen LogP contribution in [0.4, 0.5) is 8.78 Å². The molecule has 0 radical (unpaired) electrons. The van der Waals surface area contributed by atoms with Gasteiger partial charge in [-0.05, 0) is 79.8 Å². The Bertz CT molecular complexity index is 1050. The van der Waals surface area contributed by atoms with E-state index < -0.39 is 24.8 Å². The van der Waals surface area contributed by atoms with E-state index in [1.54, 1.807) is 0 Å². The molecule has 3 fully saturated rings. The van der Waals surface area contributed by atoms with Crippen LogP contribution in [0.5, 0.6) is 0 Å². The molecule has 10 heteroatoms. The number of rotatable bonds is 8. The summed E-state index contributed by atoms with van der Waals surface area (Å²) in [5.74, 6) is 0.824. The molecule has 1 unspecified atom stereocenters. The maximum Gasteiger partial charge on any atom is 0.507 e. The zero-order chi connectivity index (χ0) is 26.0. The van der Waals surface area contributed by atoms with Gasteiger partial charge >= 0.3 is 24.8 Å². The third kappa shape index (κ3) is 5.70. The van der Waals surface area contributed by atoms with Gasteiger partial charge in [-0.1, -0.05) is 63.9 Å². The summed E-state index contributed by atoms with van der Waals surface area (Å²) < 4.78 is 83.0. The minimum absolute atomic E-state index is 0.00633. The molecule has 0 heterocycles. The summed E-state index contributed by atoms with van der Waals surface area (Å²) in [4.78, 5) is 0. The molecule has 1 atom stereocenters. The fourth-order valence-corrected chi connectivity index (χ4v) is 8.80. The molecular formula is C26H40F2O6S2. The summed E-state index contributed by atoms with van der Waals surface area (Å²) in [6.07, 6.45) is 18.1. The Morgan fingerprint density at radius 2 is 1.25 bits per heavy atom. The van der Waals surface area contributed by atoms with Crippen LogP contribution in [0.2, 0.25) is 0 Å². The highest BCUT2D eigenvalue weighted by molar-refractivity contribution is 8.05. The van der Waals surface area contributed by atoms with Gasteiger partial charge in [0.2, 0.25) is 0 Å². The Morgan fingerprint density at radius 1 is 0.750 bits per heavy atom. The number of hydrogen-bond acceptors (Lipinski definition) is 6. The van der Waals surface area contributed by atoms with Crippen LogP contribution in [0.25, 0.3) is 0 Å². The molecule has 6 nitrogen and oxygen atoms in total. The van der Waals surface area contributed by atoms with Crippen molar-refractivity contribution in [1.29, 1.82) is 0 Å². The molecule has 0 N–H and O–H groups in total. The normalized spacial score (nSPS) is 26.6. The van der Waals surface area contributed by atoms with E-state index >= 15 is 0 Å². The zero-order valence-corrected chi connectivity index (χ0v) is 22.9. The molecule has 4 aliphatic rings. The Morgan fingerprint density at radius 3 is 1.78 bits per heavy atom. The molecule has 0 bridgehead atoms. The second-order valence-corrected chi connectivity index (χ2v) is 14.6. The zero-order valence-electron chi connectivity index (χ0n) is 21.2. The van der Waals surface area contributed by atoms with E-state index in [1.807, 2.05) is 0 Å². The number of hydrogen-bond donors (Lipinski definition) is 0. The quantitative estimate of drug-likeness (QED) is 0.309. The summed E-state index contributed by atoms with van der Waals surface area (Å²) in [6, 6.07) is 0. The molecule has 0 aromatic carbocycles. The predicted molar refractivity (Wildman–Crippen MR) is 134 cm³/mol. The standard InChI is InChI=1S/C26H40F2O6S2/c1-33-35(29,30)26(27,28)36(31,32)34-25-23(20-13-7-3-8-14-20)17-22(19-11-5-2-6-12-19)18-24(25)21-15-9-4-10-16-21/h17,19-22H,2-16,18H2,1H3. The summed E-state index contributed by atoms with van der Waals surface area (Å²) in [5.41, 5.74) is 1.52. The second kappa shape index (κ2) is 11.4. The van der Waals surface area contributed by atoms with E-state index in [0.29, 0.717) is 25.0 Å². The van der Waals surface area contributed by atoms with Crippen LogP contribution in [-0.4, -0.2) is 28.5 Å². The monoisotopic (exact) mass is 550 g/mol. The van der Waals surface area contributed by atoms with Crippen LogP contribution >= 0.6 is 0 Å². The molecule has 4 aliphatic carbocycles. The van der Waals surface area contributed by atoms with Crippen LogP contribution in [0, 0.1) is 23.7 Å². The van der Waals surface area contributed by atoms with Crippen LogP contribution in [0.15, 0.2) is 23.0 Å². The van der Waals surface area contributed by atoms with E-state index in [9.17, 15) is 25.6 Å². The van der Waals surface area contributed by atoms with E-state index in [1.165, 1.54) is 19.3 Å². The molecule has 0 aliphatic heterocycles. The average Bonchev–Trinajstić information content (AvgIpc) is 2.90. The summed E-state index contributed by atoms with van der Waals surface area (Å²) >= 11 is 0. The molecular weight excluding hydrogens is 510 g/mol. The van der Waals surface area contributed by atoms with Crippen LogP contribution in [-0.2, 0) is 28.6 Å². The van der Waals surface area contributed by atoms with Gasteiger partial charge in [0.15, 0.2) is 0 Å². The predicted octanol–water partition coefficient (Wildman–Crippen LogP) is 6.80. The van der Waals surface area contributed by atoms with Crippen LogP contribution in [0.1, 0.15) is 103 Å². The van der Waals surface area contributed by atoms with Crippen LogP contribution in [0.3, 0.4) is 0 Å². The van der Waals surface area contributed by atoms with E-state index in [4.69, 9.17) is 4.18 Å². The first-order valence-corrected chi connectivity index (χ1v) is 16.5. The average molecular weight is 551 g/mol. The third-order valence-corrected chi connectivity index (χ3v) is 12.0. The Balaban J connectivity index is 1.79. The fraction of sp³-hybridized carbons (Fsp3) is 0.846. The smallest absolute Gasteiger partial charge is 0.377 e. The van der Waals surface area contributed by atoms with Crippen molar-refractivity contribution in [1.82, 2.24) is 0 Å². The van der Waals surface area contributed by atoms with Gasteiger partial charge in [0, 0.05) is 0 Å². The number of alkyl halides is 2. The van der Waals surface area contributed by atoms with Crippen molar-refractivity contribution in [3.05, 3.63) is 23.0 Å². The lowest BCUT2D eigenvalue weighted by atomic mass is 9.68. The first kappa shape index (κ1) is 28.0. The minimum Gasteiger partial charge on any atom is -0.377 e. The van der Waals surface area contributed by atoms with Gasteiger partial charge in [0.1, 0.15) is 5.76 Å². The molecule has 0 aromatic heterocycles. The van der Waals surface area contributed by atoms with Gasteiger partial charge in [-0.25, -0.2) is 0 Å². The Hall–Kier alpha value is -1.00. The minimum atomic E-state index is -5.86. The fourth-order valence-electron chi connectivity index (χ4n) is 6.78. The van der Waals surface area contributed by atoms with Crippen molar-refractivity contribution in [2.75, 3.05) is 7.11 Å². The van der Waals surface area contributed by atoms with Crippen molar-refractivity contribution < 1.29 is 34.0 Å².